The number of methoxy groups -OCH3 is 1. The molecule has 35 heavy (non-hydrogen) atoms. The molecular weight excluding hydrogens is 485 g/mol. The predicted octanol–water partition coefficient (Wildman–Crippen LogP) is 6.66. The van der Waals surface area contributed by atoms with E-state index in [4.69, 9.17) is 32.7 Å². The third-order valence-corrected chi connectivity index (χ3v) is 7.07. The average Bonchev–Trinajstić information content (AvgIpc) is 3.12. The van der Waals surface area contributed by atoms with Crippen LogP contribution in [0.15, 0.2) is 48.7 Å². The van der Waals surface area contributed by atoms with Crippen LogP contribution in [0.4, 0.5) is 5.69 Å². The second kappa shape index (κ2) is 11.5. The zero-order chi connectivity index (χ0) is 24.9. The topological polar surface area (TPSA) is 56.6 Å². The van der Waals surface area contributed by atoms with E-state index in [0.717, 1.165) is 49.3 Å². The van der Waals surface area contributed by atoms with Gasteiger partial charge in [-0.2, -0.15) is 5.10 Å². The Morgan fingerprint density at radius 2 is 1.80 bits per heavy atom. The Hall–Kier alpha value is -2.54. The minimum absolute atomic E-state index is 0.138. The van der Waals surface area contributed by atoms with Gasteiger partial charge in [0.25, 0.3) is 0 Å². The van der Waals surface area contributed by atoms with Crippen molar-refractivity contribution < 1.29 is 14.3 Å². The summed E-state index contributed by atoms with van der Waals surface area (Å²) in [5, 5.41) is 5.73. The van der Waals surface area contributed by atoms with Crippen LogP contribution < -0.4 is 4.90 Å². The molecule has 0 bridgehead atoms. The maximum absolute atomic E-state index is 11.7. The summed E-state index contributed by atoms with van der Waals surface area (Å²) < 4.78 is 13.1. The van der Waals surface area contributed by atoms with Gasteiger partial charge in [0.15, 0.2) is 0 Å². The molecule has 0 radical (unpaired) electrons. The largest absolute Gasteiger partial charge is 0.465 e. The first-order valence-electron chi connectivity index (χ1n) is 11.9. The van der Waals surface area contributed by atoms with Gasteiger partial charge in [0.05, 0.1) is 47.3 Å². The SMILES string of the molecule is COC(=O)c1ccc(N2CCCC(OCc3c(C(C)C)cnn3-c3c(Cl)cccc3Cl)CC2)cc1. The molecule has 0 N–H and O–H groups in total. The molecule has 1 unspecified atom stereocenters. The second-order valence-corrected chi connectivity index (χ2v) is 9.89. The first-order valence-corrected chi connectivity index (χ1v) is 12.7. The Balaban J connectivity index is 1.45. The first kappa shape index (κ1) is 25.5. The molecule has 3 aromatic rings. The number of halogens is 2. The fraction of sp³-hybridized carbons (Fsp3) is 0.407. The van der Waals surface area contributed by atoms with Crippen LogP contribution in [0.25, 0.3) is 5.69 Å². The highest BCUT2D eigenvalue weighted by atomic mass is 35.5. The summed E-state index contributed by atoms with van der Waals surface area (Å²) in [6, 6.07) is 13.1. The molecule has 1 aliphatic heterocycles. The van der Waals surface area contributed by atoms with Gasteiger partial charge in [-0.05, 0) is 67.1 Å². The number of ether oxygens (including phenoxy) is 2. The van der Waals surface area contributed by atoms with Crippen molar-refractivity contribution in [2.24, 2.45) is 0 Å². The first-order chi connectivity index (χ1) is 16.9. The van der Waals surface area contributed by atoms with Gasteiger partial charge >= 0.3 is 5.97 Å². The van der Waals surface area contributed by atoms with Gasteiger partial charge in [0, 0.05) is 18.8 Å². The number of aromatic nitrogens is 2. The molecular formula is C27H31Cl2N3O3. The lowest BCUT2D eigenvalue weighted by Crippen LogP contribution is -2.25. The van der Waals surface area contributed by atoms with Crippen LogP contribution >= 0.6 is 23.2 Å². The standard InChI is InChI=1S/C27H31Cl2N3O3/c1-18(2)22-16-30-32(26-23(28)7-4-8-24(26)29)25(22)17-35-21-6-5-14-31(15-13-21)20-11-9-19(10-12-20)27(33)34-3/h4,7-12,16,18,21H,5-6,13-15,17H2,1-3H3. The van der Waals surface area contributed by atoms with Crippen LogP contribution in [0.1, 0.15) is 60.6 Å². The summed E-state index contributed by atoms with van der Waals surface area (Å²) in [7, 11) is 1.39. The van der Waals surface area contributed by atoms with Crippen LogP contribution in [0.2, 0.25) is 10.0 Å². The molecule has 1 saturated heterocycles. The molecule has 1 aliphatic rings. The lowest BCUT2D eigenvalue weighted by atomic mass is 10.0. The predicted molar refractivity (Wildman–Crippen MR) is 140 cm³/mol. The summed E-state index contributed by atoms with van der Waals surface area (Å²) in [6.07, 6.45) is 4.94. The number of esters is 1. The number of hydrogen-bond donors (Lipinski definition) is 0. The molecule has 4 rings (SSSR count). The van der Waals surface area contributed by atoms with Crippen LogP contribution in [-0.2, 0) is 16.1 Å². The van der Waals surface area contributed by atoms with Gasteiger partial charge in [-0.3, -0.25) is 0 Å². The maximum atomic E-state index is 11.7. The van der Waals surface area contributed by atoms with Crippen molar-refractivity contribution in [3.63, 3.8) is 0 Å². The van der Waals surface area contributed by atoms with E-state index >= 15 is 0 Å². The molecule has 0 aliphatic carbocycles. The van der Waals surface area contributed by atoms with Gasteiger partial charge in [-0.1, -0.05) is 43.1 Å². The van der Waals surface area contributed by atoms with Gasteiger partial charge in [-0.15, -0.1) is 0 Å². The summed E-state index contributed by atoms with van der Waals surface area (Å²) >= 11 is 13.0. The molecule has 8 heteroatoms. The Morgan fingerprint density at radius 1 is 1.09 bits per heavy atom. The lowest BCUT2D eigenvalue weighted by Gasteiger charge is -2.23. The van der Waals surface area contributed by atoms with Crippen LogP contribution in [-0.4, -0.2) is 42.1 Å². The second-order valence-electron chi connectivity index (χ2n) is 9.07. The number of para-hydroxylation sites is 1. The average molecular weight is 516 g/mol. The highest BCUT2D eigenvalue weighted by molar-refractivity contribution is 6.37. The van der Waals surface area contributed by atoms with Crippen molar-refractivity contribution in [3.8, 4) is 5.69 Å². The van der Waals surface area contributed by atoms with Gasteiger partial charge in [0.1, 0.15) is 5.69 Å². The number of benzene rings is 2. The molecule has 0 amide bonds. The quantitative estimate of drug-likeness (QED) is 0.329. The summed E-state index contributed by atoms with van der Waals surface area (Å²) in [5.41, 5.74) is 4.45. The number of rotatable bonds is 7. The summed E-state index contributed by atoms with van der Waals surface area (Å²) in [5.74, 6) is -0.0276. The number of nitrogens with zero attached hydrogens (tertiary/aromatic N) is 3. The van der Waals surface area contributed by atoms with E-state index in [9.17, 15) is 4.79 Å². The Bertz CT molecular complexity index is 1140. The van der Waals surface area contributed by atoms with E-state index in [1.165, 1.54) is 7.11 Å². The van der Waals surface area contributed by atoms with Gasteiger partial charge in [-0.25, -0.2) is 9.48 Å². The third kappa shape index (κ3) is 5.83. The molecule has 6 nitrogen and oxygen atoms in total. The number of carbonyl (C=O) groups is 1. The number of carbonyl (C=O) groups excluding carboxylic acids is 1. The maximum Gasteiger partial charge on any atom is 0.337 e. The third-order valence-electron chi connectivity index (χ3n) is 6.46. The van der Waals surface area contributed by atoms with Crippen molar-refractivity contribution in [3.05, 3.63) is 75.5 Å². The lowest BCUT2D eigenvalue weighted by molar-refractivity contribution is 0.0301. The van der Waals surface area contributed by atoms with Gasteiger partial charge in [0.2, 0.25) is 0 Å². The normalized spacial score (nSPS) is 16.4. The fourth-order valence-electron chi connectivity index (χ4n) is 4.51. The fourth-order valence-corrected chi connectivity index (χ4v) is 5.07. The van der Waals surface area contributed by atoms with Crippen molar-refractivity contribution in [2.45, 2.75) is 51.7 Å². The molecule has 1 aromatic heterocycles. The highest BCUT2D eigenvalue weighted by Gasteiger charge is 2.22. The minimum Gasteiger partial charge on any atom is -0.465 e. The van der Waals surface area contributed by atoms with Crippen LogP contribution in [0.5, 0.6) is 0 Å². The molecule has 0 saturated carbocycles. The van der Waals surface area contributed by atoms with Crippen LogP contribution in [0, 0.1) is 0 Å². The Kier molecular flexibility index (Phi) is 8.37. The van der Waals surface area contributed by atoms with Crippen molar-refractivity contribution in [1.29, 1.82) is 0 Å². The van der Waals surface area contributed by atoms with E-state index in [-0.39, 0.29) is 12.1 Å². The molecule has 1 fully saturated rings. The Labute approximate surface area is 216 Å². The minimum atomic E-state index is -0.320. The summed E-state index contributed by atoms with van der Waals surface area (Å²) in [4.78, 5) is 14.1. The summed E-state index contributed by atoms with van der Waals surface area (Å²) in [6.45, 7) is 6.56. The van der Waals surface area contributed by atoms with E-state index in [0.29, 0.717) is 33.8 Å². The zero-order valence-corrected chi connectivity index (χ0v) is 21.9. The van der Waals surface area contributed by atoms with Crippen molar-refractivity contribution >= 4 is 34.9 Å². The number of hydrogen-bond acceptors (Lipinski definition) is 5. The van der Waals surface area contributed by atoms with Crippen molar-refractivity contribution in [2.75, 3.05) is 25.1 Å². The smallest absolute Gasteiger partial charge is 0.337 e. The molecule has 186 valence electrons. The Morgan fingerprint density at radius 3 is 2.46 bits per heavy atom. The van der Waals surface area contributed by atoms with E-state index in [1.807, 2.05) is 53.3 Å². The van der Waals surface area contributed by atoms with Crippen LogP contribution in [0.3, 0.4) is 0 Å². The van der Waals surface area contributed by atoms with Gasteiger partial charge < -0.3 is 14.4 Å². The highest BCUT2D eigenvalue weighted by Crippen LogP contribution is 2.32. The zero-order valence-electron chi connectivity index (χ0n) is 20.3. The number of anilines is 1. The molecule has 0 spiro atoms. The molecule has 1 atom stereocenters. The van der Waals surface area contributed by atoms with Crippen molar-refractivity contribution in [1.82, 2.24) is 9.78 Å². The molecule has 2 heterocycles. The van der Waals surface area contributed by atoms with E-state index < -0.39 is 0 Å². The molecule has 2 aromatic carbocycles. The van der Waals surface area contributed by atoms with E-state index in [1.54, 1.807) is 0 Å². The van der Waals surface area contributed by atoms with E-state index in [2.05, 4.69) is 23.8 Å². The monoisotopic (exact) mass is 515 g/mol.